The summed E-state index contributed by atoms with van der Waals surface area (Å²) in [6.45, 7) is 4.24. The van der Waals surface area contributed by atoms with E-state index >= 15 is 0 Å². The van der Waals surface area contributed by atoms with Crippen LogP contribution >= 0.6 is 11.6 Å². The van der Waals surface area contributed by atoms with Crippen LogP contribution in [0.15, 0.2) is 67.1 Å². The van der Waals surface area contributed by atoms with Crippen molar-refractivity contribution in [3.63, 3.8) is 0 Å². The quantitative estimate of drug-likeness (QED) is 0.346. The van der Waals surface area contributed by atoms with E-state index in [9.17, 15) is 0 Å². The summed E-state index contributed by atoms with van der Waals surface area (Å²) in [4.78, 5) is 6.76. The molecule has 0 bridgehead atoms. The number of rotatable bonds is 7. The summed E-state index contributed by atoms with van der Waals surface area (Å²) < 4.78 is 7.61. The molecule has 2 aromatic heterocycles. The van der Waals surface area contributed by atoms with E-state index in [4.69, 9.17) is 16.3 Å². The first-order chi connectivity index (χ1) is 15.0. The van der Waals surface area contributed by atoms with Crippen molar-refractivity contribution in [3.8, 4) is 28.0 Å². The molecule has 1 atom stereocenters. The first kappa shape index (κ1) is 21.4. The second-order valence-electron chi connectivity index (χ2n) is 8.39. The normalized spacial score (nSPS) is 12.5. The summed E-state index contributed by atoms with van der Waals surface area (Å²) in [5, 5.41) is 1.84. The monoisotopic (exact) mass is 433 g/mol. The predicted molar refractivity (Wildman–Crippen MR) is 130 cm³/mol. The Morgan fingerprint density at radius 1 is 1.03 bits per heavy atom. The Kier molecular flexibility index (Phi) is 6.30. The summed E-state index contributed by atoms with van der Waals surface area (Å²) in [7, 11) is 5.90. The third-order valence-corrected chi connectivity index (χ3v) is 5.83. The minimum absolute atomic E-state index is 0.515. The largest absolute Gasteiger partial charge is 0.497 e. The zero-order valence-electron chi connectivity index (χ0n) is 18.5. The van der Waals surface area contributed by atoms with Gasteiger partial charge >= 0.3 is 0 Å². The Bertz CT molecular complexity index is 1180. The van der Waals surface area contributed by atoms with Gasteiger partial charge in [0.15, 0.2) is 0 Å². The Morgan fingerprint density at radius 2 is 1.77 bits per heavy atom. The van der Waals surface area contributed by atoms with E-state index in [1.807, 2.05) is 36.7 Å². The third-order valence-electron chi connectivity index (χ3n) is 5.51. The minimum Gasteiger partial charge on any atom is -0.497 e. The van der Waals surface area contributed by atoms with E-state index in [1.54, 1.807) is 7.11 Å². The number of halogens is 1. The van der Waals surface area contributed by atoms with Crippen LogP contribution in [-0.4, -0.2) is 42.2 Å². The zero-order valence-corrected chi connectivity index (χ0v) is 19.2. The van der Waals surface area contributed by atoms with Crippen LogP contribution in [0.2, 0.25) is 5.02 Å². The third kappa shape index (κ3) is 4.60. The van der Waals surface area contributed by atoms with Crippen LogP contribution in [0.5, 0.6) is 5.75 Å². The molecule has 0 N–H and O–H groups in total. The molecular weight excluding hydrogens is 406 g/mol. The first-order valence-electron chi connectivity index (χ1n) is 10.5. The maximum absolute atomic E-state index is 6.68. The summed E-state index contributed by atoms with van der Waals surface area (Å²) in [6.07, 6.45) is 6.03. The van der Waals surface area contributed by atoms with E-state index in [2.05, 4.69) is 65.9 Å². The Labute approximate surface area is 189 Å². The van der Waals surface area contributed by atoms with Gasteiger partial charge in [0.1, 0.15) is 5.75 Å². The highest BCUT2D eigenvalue weighted by Crippen LogP contribution is 2.37. The molecule has 0 amide bonds. The van der Waals surface area contributed by atoms with Gasteiger partial charge in [-0.25, -0.2) is 0 Å². The van der Waals surface area contributed by atoms with E-state index < -0.39 is 0 Å². The van der Waals surface area contributed by atoms with Gasteiger partial charge in [0.25, 0.3) is 0 Å². The molecule has 31 heavy (non-hydrogen) atoms. The Hall–Kier alpha value is -2.82. The number of nitrogens with zero attached hydrogens (tertiary/aromatic N) is 3. The van der Waals surface area contributed by atoms with Gasteiger partial charge in [0.2, 0.25) is 0 Å². The molecule has 4 nitrogen and oxygen atoms in total. The fourth-order valence-corrected chi connectivity index (χ4v) is 4.50. The number of hydrogen-bond donors (Lipinski definition) is 0. The van der Waals surface area contributed by atoms with Gasteiger partial charge in [-0.1, -0.05) is 36.7 Å². The molecule has 0 saturated heterocycles. The molecule has 0 radical (unpaired) electrons. The summed E-state index contributed by atoms with van der Waals surface area (Å²) in [5.74, 6) is 1.36. The van der Waals surface area contributed by atoms with Gasteiger partial charge in [-0.3, -0.25) is 4.98 Å². The number of hydrogen-bond acceptors (Lipinski definition) is 3. The second-order valence-corrected chi connectivity index (χ2v) is 8.79. The zero-order chi connectivity index (χ0) is 22.0. The molecule has 1 unspecified atom stereocenters. The standard InChI is InChI=1S/C26H28ClN3O/c1-18(15-29(2)3)16-30-17-23(26-24(27)6-5-7-25(26)30)21-12-20(13-28-14-21)19-8-10-22(31-4)11-9-19/h5-14,17-18H,15-16H2,1-4H3. The highest BCUT2D eigenvalue weighted by atomic mass is 35.5. The molecule has 0 aliphatic carbocycles. The van der Waals surface area contributed by atoms with E-state index in [0.717, 1.165) is 57.0 Å². The average molecular weight is 434 g/mol. The van der Waals surface area contributed by atoms with Crippen LogP contribution in [-0.2, 0) is 6.54 Å². The number of ether oxygens (including phenoxy) is 1. The van der Waals surface area contributed by atoms with Crippen LogP contribution in [0, 0.1) is 5.92 Å². The summed E-state index contributed by atoms with van der Waals surface area (Å²) >= 11 is 6.68. The van der Waals surface area contributed by atoms with Gasteiger partial charge < -0.3 is 14.2 Å². The molecule has 4 aromatic rings. The number of pyridine rings is 1. The SMILES string of the molecule is COc1ccc(-c2cncc(-c3cn(CC(C)CN(C)C)c4cccc(Cl)c34)c2)cc1. The summed E-state index contributed by atoms with van der Waals surface area (Å²) in [6, 6.07) is 16.4. The molecule has 5 heteroatoms. The number of fused-ring (bicyclic) bond motifs is 1. The van der Waals surface area contributed by atoms with Gasteiger partial charge in [-0.05, 0) is 55.9 Å². The minimum atomic E-state index is 0.515. The summed E-state index contributed by atoms with van der Waals surface area (Å²) in [5.41, 5.74) is 5.49. The van der Waals surface area contributed by atoms with Crippen LogP contribution in [0.1, 0.15) is 6.92 Å². The lowest BCUT2D eigenvalue weighted by Crippen LogP contribution is -2.22. The van der Waals surface area contributed by atoms with Crippen molar-refractivity contribution in [1.82, 2.24) is 14.5 Å². The van der Waals surface area contributed by atoms with Crippen LogP contribution < -0.4 is 4.74 Å². The van der Waals surface area contributed by atoms with Crippen molar-refractivity contribution in [2.75, 3.05) is 27.7 Å². The van der Waals surface area contributed by atoms with Crippen LogP contribution in [0.4, 0.5) is 0 Å². The van der Waals surface area contributed by atoms with Gasteiger partial charge in [-0.2, -0.15) is 0 Å². The molecule has 4 rings (SSSR count). The second kappa shape index (κ2) is 9.13. The van der Waals surface area contributed by atoms with Crippen molar-refractivity contribution in [2.45, 2.75) is 13.5 Å². The Morgan fingerprint density at radius 3 is 2.48 bits per heavy atom. The smallest absolute Gasteiger partial charge is 0.118 e. The lowest BCUT2D eigenvalue weighted by atomic mass is 10.0. The molecule has 0 aliphatic rings. The van der Waals surface area contributed by atoms with Gasteiger partial charge in [0.05, 0.1) is 17.6 Å². The van der Waals surface area contributed by atoms with Gasteiger partial charge in [-0.15, -0.1) is 0 Å². The molecular formula is C26H28ClN3O. The fourth-order valence-electron chi connectivity index (χ4n) is 4.22. The number of aromatic nitrogens is 2. The molecule has 0 spiro atoms. The van der Waals surface area contributed by atoms with Gasteiger partial charge in [0, 0.05) is 53.8 Å². The predicted octanol–water partition coefficient (Wildman–Crippen LogP) is 6.23. The highest BCUT2D eigenvalue weighted by molar-refractivity contribution is 6.36. The van der Waals surface area contributed by atoms with Crippen molar-refractivity contribution < 1.29 is 4.74 Å². The van der Waals surface area contributed by atoms with E-state index in [-0.39, 0.29) is 0 Å². The van der Waals surface area contributed by atoms with Crippen molar-refractivity contribution in [2.24, 2.45) is 5.92 Å². The van der Waals surface area contributed by atoms with E-state index in [1.165, 1.54) is 0 Å². The molecule has 160 valence electrons. The van der Waals surface area contributed by atoms with Crippen molar-refractivity contribution >= 4 is 22.5 Å². The lowest BCUT2D eigenvalue weighted by Gasteiger charge is -2.18. The Balaban J connectivity index is 1.77. The number of methoxy groups -OCH3 is 1. The molecule has 0 saturated carbocycles. The topological polar surface area (TPSA) is 30.3 Å². The van der Waals surface area contributed by atoms with Crippen molar-refractivity contribution in [1.29, 1.82) is 0 Å². The highest BCUT2D eigenvalue weighted by Gasteiger charge is 2.16. The molecule has 2 heterocycles. The maximum atomic E-state index is 6.68. The first-order valence-corrected chi connectivity index (χ1v) is 10.9. The number of benzene rings is 2. The molecule has 0 aliphatic heterocycles. The molecule has 0 fully saturated rings. The average Bonchev–Trinajstić information content (AvgIpc) is 3.13. The van der Waals surface area contributed by atoms with E-state index in [0.29, 0.717) is 5.92 Å². The maximum Gasteiger partial charge on any atom is 0.118 e. The lowest BCUT2D eigenvalue weighted by molar-refractivity contribution is 0.318. The fraction of sp³-hybridized carbons (Fsp3) is 0.269. The van der Waals surface area contributed by atoms with Crippen molar-refractivity contribution in [3.05, 3.63) is 72.1 Å². The van der Waals surface area contributed by atoms with Crippen LogP contribution in [0.25, 0.3) is 33.2 Å². The molecule has 2 aromatic carbocycles. The van der Waals surface area contributed by atoms with Crippen LogP contribution in [0.3, 0.4) is 0 Å².